The van der Waals surface area contributed by atoms with Gasteiger partial charge in [0, 0.05) is 13.7 Å². The van der Waals surface area contributed by atoms with Gasteiger partial charge in [-0.2, -0.15) is 20.3 Å². The third-order valence-corrected chi connectivity index (χ3v) is 2.17. The smallest absolute Gasteiger partial charge is 0.119 e. The number of hydrogen-bond donors (Lipinski definition) is 0. The van der Waals surface area contributed by atoms with E-state index in [2.05, 4.69) is 16.3 Å². The Bertz CT molecular complexity index is 340. The van der Waals surface area contributed by atoms with E-state index < -0.39 is 0 Å². The summed E-state index contributed by atoms with van der Waals surface area (Å²) in [5.41, 5.74) is 0.756. The molecule has 68 valence electrons. The van der Waals surface area contributed by atoms with Crippen LogP contribution in [0.1, 0.15) is 18.2 Å². The minimum absolute atomic E-state index is 0.0725. The molecule has 0 spiro atoms. The van der Waals surface area contributed by atoms with Gasteiger partial charge in [-0.3, -0.25) is 0 Å². The number of aromatic nitrogens is 3. The third kappa shape index (κ3) is 1.40. The number of hydrogen-bond acceptors (Lipinski definition) is 4. The predicted octanol–water partition coefficient (Wildman–Crippen LogP) is 0.416. The van der Waals surface area contributed by atoms with Crippen LogP contribution in [0.25, 0.3) is 0 Å². The first-order valence-electron chi connectivity index (χ1n) is 4.18. The maximum atomic E-state index is 8.82. The normalized spacial score (nSPS) is 27.4. The monoisotopic (exact) mass is 178 g/mol. The molecule has 2 unspecified atom stereocenters. The van der Waals surface area contributed by atoms with E-state index in [-0.39, 0.29) is 12.0 Å². The standard InChI is InChI=1S/C8H10N4O/c1-12-10-5-7(11-12)8-6(4-9)2-3-13-8/h5-6,8H,2-3H2,1H3. The Hall–Kier alpha value is -1.41. The van der Waals surface area contributed by atoms with Gasteiger partial charge in [-0.1, -0.05) is 0 Å². The van der Waals surface area contributed by atoms with Crippen LogP contribution >= 0.6 is 0 Å². The summed E-state index contributed by atoms with van der Waals surface area (Å²) in [4.78, 5) is 1.48. The van der Waals surface area contributed by atoms with Crippen molar-refractivity contribution in [3.63, 3.8) is 0 Å². The number of ether oxygens (including phenoxy) is 1. The maximum absolute atomic E-state index is 8.82. The molecule has 2 atom stereocenters. The zero-order valence-electron chi connectivity index (χ0n) is 7.34. The van der Waals surface area contributed by atoms with E-state index in [4.69, 9.17) is 10.00 Å². The molecule has 1 fully saturated rings. The van der Waals surface area contributed by atoms with Crippen LogP contribution in [-0.4, -0.2) is 21.6 Å². The van der Waals surface area contributed by atoms with Crippen LogP contribution in [0.3, 0.4) is 0 Å². The zero-order valence-corrected chi connectivity index (χ0v) is 7.34. The van der Waals surface area contributed by atoms with Crippen LogP contribution in [-0.2, 0) is 11.8 Å². The second-order valence-corrected chi connectivity index (χ2v) is 3.07. The molecule has 5 nitrogen and oxygen atoms in total. The summed E-state index contributed by atoms with van der Waals surface area (Å²) in [6, 6.07) is 2.22. The zero-order chi connectivity index (χ0) is 9.26. The van der Waals surface area contributed by atoms with E-state index in [0.29, 0.717) is 6.61 Å². The first-order chi connectivity index (χ1) is 6.31. The van der Waals surface area contributed by atoms with E-state index in [9.17, 15) is 0 Å². The van der Waals surface area contributed by atoms with Gasteiger partial charge in [0.1, 0.15) is 11.8 Å². The SMILES string of the molecule is Cn1ncc(C2OCCC2C#N)n1. The van der Waals surface area contributed by atoms with Gasteiger partial charge in [0.25, 0.3) is 0 Å². The Balaban J connectivity index is 2.21. The molecular formula is C8H10N4O. The van der Waals surface area contributed by atoms with Crippen molar-refractivity contribution in [3.05, 3.63) is 11.9 Å². The van der Waals surface area contributed by atoms with Gasteiger partial charge in [-0.15, -0.1) is 0 Å². The van der Waals surface area contributed by atoms with Gasteiger partial charge in [0.05, 0.1) is 18.2 Å². The van der Waals surface area contributed by atoms with E-state index in [1.54, 1.807) is 13.2 Å². The van der Waals surface area contributed by atoms with Gasteiger partial charge in [0.2, 0.25) is 0 Å². The fraction of sp³-hybridized carbons (Fsp3) is 0.625. The molecule has 1 aromatic rings. The fourth-order valence-corrected chi connectivity index (χ4v) is 1.51. The molecule has 1 aromatic heterocycles. The summed E-state index contributed by atoms with van der Waals surface area (Å²) >= 11 is 0. The van der Waals surface area contributed by atoms with Gasteiger partial charge >= 0.3 is 0 Å². The molecule has 0 aromatic carbocycles. The molecule has 0 amide bonds. The maximum Gasteiger partial charge on any atom is 0.119 e. The summed E-state index contributed by atoms with van der Waals surface area (Å²) in [6.45, 7) is 0.638. The van der Waals surface area contributed by atoms with Crippen LogP contribution in [0, 0.1) is 17.2 Å². The van der Waals surface area contributed by atoms with E-state index in [0.717, 1.165) is 12.1 Å². The molecule has 0 saturated carbocycles. The highest BCUT2D eigenvalue weighted by molar-refractivity contribution is 5.06. The fourth-order valence-electron chi connectivity index (χ4n) is 1.51. The number of nitrogens with zero attached hydrogens (tertiary/aromatic N) is 4. The Morgan fingerprint density at radius 2 is 2.62 bits per heavy atom. The topological polar surface area (TPSA) is 63.7 Å². The lowest BCUT2D eigenvalue weighted by Gasteiger charge is -2.07. The lowest BCUT2D eigenvalue weighted by atomic mass is 10.0. The van der Waals surface area contributed by atoms with Crippen LogP contribution in [0.15, 0.2) is 6.20 Å². The molecule has 2 heterocycles. The van der Waals surface area contributed by atoms with Gasteiger partial charge in [-0.25, -0.2) is 0 Å². The summed E-state index contributed by atoms with van der Waals surface area (Å²) < 4.78 is 5.42. The molecular weight excluding hydrogens is 168 g/mol. The summed E-state index contributed by atoms with van der Waals surface area (Å²) in [6.07, 6.45) is 2.26. The van der Waals surface area contributed by atoms with Crippen molar-refractivity contribution in [2.75, 3.05) is 6.61 Å². The quantitative estimate of drug-likeness (QED) is 0.625. The highest BCUT2D eigenvalue weighted by Gasteiger charge is 2.31. The van der Waals surface area contributed by atoms with E-state index >= 15 is 0 Å². The summed E-state index contributed by atoms with van der Waals surface area (Å²) in [7, 11) is 1.75. The number of nitriles is 1. The second kappa shape index (κ2) is 3.15. The molecule has 0 N–H and O–H groups in total. The van der Waals surface area contributed by atoms with Crippen molar-refractivity contribution in [1.82, 2.24) is 15.0 Å². The second-order valence-electron chi connectivity index (χ2n) is 3.07. The van der Waals surface area contributed by atoms with Crippen LogP contribution in [0.4, 0.5) is 0 Å². The molecule has 0 aliphatic carbocycles. The summed E-state index contributed by atoms with van der Waals surface area (Å²) in [5, 5.41) is 16.9. The van der Waals surface area contributed by atoms with Crippen LogP contribution in [0.5, 0.6) is 0 Å². The van der Waals surface area contributed by atoms with Crippen molar-refractivity contribution in [2.24, 2.45) is 13.0 Å². The van der Waals surface area contributed by atoms with Crippen molar-refractivity contribution in [2.45, 2.75) is 12.5 Å². The summed E-state index contributed by atoms with van der Waals surface area (Å²) in [5.74, 6) is -0.0725. The molecule has 0 bridgehead atoms. The molecule has 1 aliphatic rings. The largest absolute Gasteiger partial charge is 0.370 e. The van der Waals surface area contributed by atoms with E-state index in [1.165, 1.54) is 4.80 Å². The minimum Gasteiger partial charge on any atom is -0.370 e. The first-order valence-corrected chi connectivity index (χ1v) is 4.18. The van der Waals surface area contributed by atoms with Crippen LogP contribution < -0.4 is 0 Å². The Morgan fingerprint density at radius 1 is 1.77 bits per heavy atom. The minimum atomic E-state index is -0.182. The van der Waals surface area contributed by atoms with Crippen molar-refractivity contribution < 1.29 is 4.74 Å². The van der Waals surface area contributed by atoms with Crippen molar-refractivity contribution in [3.8, 4) is 6.07 Å². The lowest BCUT2D eigenvalue weighted by Crippen LogP contribution is -2.06. The van der Waals surface area contributed by atoms with Crippen LogP contribution in [0.2, 0.25) is 0 Å². The Kier molecular flexibility index (Phi) is 1.99. The first kappa shape index (κ1) is 8.20. The third-order valence-electron chi connectivity index (χ3n) is 2.17. The molecule has 1 aliphatic heterocycles. The van der Waals surface area contributed by atoms with E-state index in [1.807, 2.05) is 0 Å². The predicted molar refractivity (Wildman–Crippen MR) is 43.4 cm³/mol. The van der Waals surface area contributed by atoms with Gasteiger partial charge < -0.3 is 4.74 Å². The van der Waals surface area contributed by atoms with Gasteiger partial charge in [0.15, 0.2) is 0 Å². The van der Waals surface area contributed by atoms with Crippen molar-refractivity contribution >= 4 is 0 Å². The molecule has 0 radical (unpaired) electrons. The average molecular weight is 178 g/mol. The molecule has 1 saturated heterocycles. The van der Waals surface area contributed by atoms with Gasteiger partial charge in [-0.05, 0) is 6.42 Å². The van der Waals surface area contributed by atoms with Crippen molar-refractivity contribution in [1.29, 1.82) is 5.26 Å². The number of aryl methyl sites for hydroxylation is 1. The molecule has 5 heteroatoms. The highest BCUT2D eigenvalue weighted by Crippen LogP contribution is 2.32. The Morgan fingerprint density at radius 3 is 3.23 bits per heavy atom. The molecule has 13 heavy (non-hydrogen) atoms. The average Bonchev–Trinajstić information content (AvgIpc) is 2.71. The molecule has 2 rings (SSSR count). The Labute approximate surface area is 75.9 Å². The lowest BCUT2D eigenvalue weighted by molar-refractivity contribution is 0.0968. The number of rotatable bonds is 1. The highest BCUT2D eigenvalue weighted by atomic mass is 16.5.